The fraction of sp³-hybridized carbons (Fsp3) is 0.714. The molecule has 4 heteroatoms. The van der Waals surface area contributed by atoms with Crippen molar-refractivity contribution >= 4 is 15.9 Å². The van der Waals surface area contributed by atoms with Crippen LogP contribution in [-0.2, 0) is 4.74 Å². The lowest BCUT2D eigenvalue weighted by Crippen LogP contribution is -2.34. The lowest BCUT2D eigenvalue weighted by molar-refractivity contribution is 0.0439. The van der Waals surface area contributed by atoms with Crippen molar-refractivity contribution in [2.24, 2.45) is 0 Å². The predicted octanol–water partition coefficient (Wildman–Crippen LogP) is -0.191. The summed E-state index contributed by atoms with van der Waals surface area (Å²) in [5.41, 5.74) is 0. The molecule has 0 aromatic carbocycles. The molecule has 1 heterocycles. The van der Waals surface area contributed by atoms with Crippen LogP contribution in [0.4, 0.5) is 0 Å². The fourth-order valence-electron chi connectivity index (χ4n) is 1.27. The third-order valence-electron chi connectivity index (χ3n) is 2.05. The normalized spacial score (nSPS) is 55.0. The monoisotopic (exact) mass is 220 g/mol. The van der Waals surface area contributed by atoms with E-state index in [4.69, 9.17) is 4.74 Å². The van der Waals surface area contributed by atoms with Crippen LogP contribution in [0.5, 0.6) is 0 Å². The Kier molecular flexibility index (Phi) is 1.79. The van der Waals surface area contributed by atoms with E-state index >= 15 is 0 Å². The van der Waals surface area contributed by atoms with Crippen LogP contribution >= 0.6 is 15.9 Å². The smallest absolute Gasteiger partial charge is 0.104 e. The number of fused-ring (bicyclic) bond motifs is 1. The van der Waals surface area contributed by atoms with E-state index in [1.165, 1.54) is 0 Å². The Bertz CT molecular complexity index is 194. The van der Waals surface area contributed by atoms with Gasteiger partial charge in [-0.25, -0.2) is 0 Å². The van der Waals surface area contributed by atoms with Crippen molar-refractivity contribution in [3.05, 3.63) is 12.2 Å². The Labute approximate surface area is 72.8 Å². The lowest BCUT2D eigenvalue weighted by atomic mass is 10.1. The standard InChI is InChI=1S/C7H9BrO3/c8-5-6(10)3(9)1-2-4-7(5)11-4/h1-7,9-10H/t3-,4+,5+,6-,7+/m0/s1. The Morgan fingerprint density at radius 2 is 2.00 bits per heavy atom. The molecule has 0 saturated carbocycles. The number of halogens is 1. The van der Waals surface area contributed by atoms with Gasteiger partial charge in [-0.05, 0) is 0 Å². The molecule has 0 aromatic rings. The number of alkyl halides is 1. The molecule has 0 radical (unpaired) electrons. The molecule has 1 fully saturated rings. The number of hydrogen-bond donors (Lipinski definition) is 2. The molecule has 1 saturated heterocycles. The largest absolute Gasteiger partial charge is 0.389 e. The van der Waals surface area contributed by atoms with E-state index < -0.39 is 12.2 Å². The van der Waals surface area contributed by atoms with E-state index in [9.17, 15) is 10.2 Å². The predicted molar refractivity (Wildman–Crippen MR) is 42.5 cm³/mol. The quantitative estimate of drug-likeness (QED) is 0.338. The maximum Gasteiger partial charge on any atom is 0.104 e. The van der Waals surface area contributed by atoms with Gasteiger partial charge in [0.2, 0.25) is 0 Å². The van der Waals surface area contributed by atoms with E-state index in [1.54, 1.807) is 12.2 Å². The topological polar surface area (TPSA) is 53.0 Å². The third-order valence-corrected chi connectivity index (χ3v) is 3.11. The van der Waals surface area contributed by atoms with E-state index in [2.05, 4.69) is 15.9 Å². The summed E-state index contributed by atoms with van der Waals surface area (Å²) < 4.78 is 5.18. The molecule has 0 aromatic heterocycles. The van der Waals surface area contributed by atoms with Crippen LogP contribution in [-0.4, -0.2) is 39.5 Å². The summed E-state index contributed by atoms with van der Waals surface area (Å²) >= 11 is 3.28. The number of aliphatic hydroxyl groups is 2. The Morgan fingerprint density at radius 3 is 2.73 bits per heavy atom. The van der Waals surface area contributed by atoms with Gasteiger partial charge >= 0.3 is 0 Å². The van der Waals surface area contributed by atoms with Gasteiger partial charge in [-0.15, -0.1) is 0 Å². The second kappa shape index (κ2) is 2.55. The maximum atomic E-state index is 9.40. The first-order valence-electron chi connectivity index (χ1n) is 3.54. The molecular weight excluding hydrogens is 212 g/mol. The molecule has 0 amide bonds. The highest BCUT2D eigenvalue weighted by molar-refractivity contribution is 9.09. The average molecular weight is 221 g/mol. The molecule has 62 valence electrons. The zero-order valence-electron chi connectivity index (χ0n) is 5.72. The molecule has 0 bridgehead atoms. The number of hydrogen-bond acceptors (Lipinski definition) is 3. The first-order valence-corrected chi connectivity index (χ1v) is 4.46. The van der Waals surface area contributed by atoms with Gasteiger partial charge in [-0.1, -0.05) is 28.1 Å². The van der Waals surface area contributed by atoms with Crippen LogP contribution in [0.1, 0.15) is 0 Å². The SMILES string of the molecule is O[C@@H]1[C@@H](Br)[C@@H]2O[C@@H]2C=C[C@@H]1O. The van der Waals surface area contributed by atoms with Crippen molar-refractivity contribution in [1.82, 2.24) is 0 Å². The van der Waals surface area contributed by atoms with Gasteiger partial charge in [0.05, 0.1) is 17.0 Å². The van der Waals surface area contributed by atoms with Crippen LogP contribution in [0.25, 0.3) is 0 Å². The van der Waals surface area contributed by atoms with E-state index in [-0.39, 0.29) is 17.0 Å². The molecule has 0 spiro atoms. The Hall–Kier alpha value is 0.100. The van der Waals surface area contributed by atoms with Crippen LogP contribution in [0.3, 0.4) is 0 Å². The fourth-order valence-corrected chi connectivity index (χ4v) is 2.01. The molecule has 1 aliphatic carbocycles. The van der Waals surface area contributed by atoms with Gasteiger partial charge < -0.3 is 14.9 Å². The highest BCUT2D eigenvalue weighted by atomic mass is 79.9. The van der Waals surface area contributed by atoms with Crippen molar-refractivity contribution in [3.63, 3.8) is 0 Å². The maximum absolute atomic E-state index is 9.40. The first kappa shape index (κ1) is 7.73. The summed E-state index contributed by atoms with van der Waals surface area (Å²) in [5.74, 6) is 0. The highest BCUT2D eigenvalue weighted by Gasteiger charge is 2.48. The lowest BCUT2D eigenvalue weighted by Gasteiger charge is -2.17. The van der Waals surface area contributed by atoms with E-state index in [0.29, 0.717) is 0 Å². The number of aliphatic hydroxyl groups excluding tert-OH is 2. The molecule has 11 heavy (non-hydrogen) atoms. The van der Waals surface area contributed by atoms with Gasteiger partial charge in [0.15, 0.2) is 0 Å². The molecule has 2 aliphatic rings. The molecule has 2 rings (SSSR count). The summed E-state index contributed by atoms with van der Waals surface area (Å²) in [6.45, 7) is 0. The van der Waals surface area contributed by atoms with E-state index in [0.717, 1.165) is 0 Å². The van der Waals surface area contributed by atoms with Gasteiger partial charge in [0.1, 0.15) is 12.2 Å². The summed E-state index contributed by atoms with van der Waals surface area (Å²) in [5, 5.41) is 18.6. The van der Waals surface area contributed by atoms with Gasteiger partial charge in [-0.3, -0.25) is 0 Å². The number of ether oxygens (including phenoxy) is 1. The zero-order chi connectivity index (χ0) is 8.01. The minimum Gasteiger partial charge on any atom is -0.389 e. The van der Waals surface area contributed by atoms with E-state index in [1.807, 2.05) is 0 Å². The minimum atomic E-state index is -0.768. The Balaban J connectivity index is 2.15. The first-order chi connectivity index (χ1) is 5.20. The molecule has 0 unspecified atom stereocenters. The Morgan fingerprint density at radius 1 is 1.27 bits per heavy atom. The van der Waals surface area contributed by atoms with Gasteiger partial charge in [0.25, 0.3) is 0 Å². The number of epoxide rings is 1. The summed E-state index contributed by atoms with van der Waals surface area (Å²) in [4.78, 5) is -0.155. The minimum absolute atomic E-state index is 0.0402. The molecular formula is C7H9BrO3. The van der Waals surface area contributed by atoms with Gasteiger partial charge in [0, 0.05) is 0 Å². The van der Waals surface area contributed by atoms with Crippen molar-refractivity contribution in [3.8, 4) is 0 Å². The van der Waals surface area contributed by atoms with Crippen LogP contribution < -0.4 is 0 Å². The van der Waals surface area contributed by atoms with Crippen molar-refractivity contribution in [1.29, 1.82) is 0 Å². The van der Waals surface area contributed by atoms with Crippen molar-refractivity contribution in [2.45, 2.75) is 29.2 Å². The molecule has 2 N–H and O–H groups in total. The van der Waals surface area contributed by atoms with Crippen LogP contribution in [0, 0.1) is 0 Å². The molecule has 5 atom stereocenters. The highest BCUT2D eigenvalue weighted by Crippen LogP contribution is 2.35. The third kappa shape index (κ3) is 1.24. The molecule has 3 nitrogen and oxygen atoms in total. The van der Waals surface area contributed by atoms with Crippen LogP contribution in [0.2, 0.25) is 0 Å². The zero-order valence-corrected chi connectivity index (χ0v) is 7.31. The second-order valence-corrected chi connectivity index (χ2v) is 3.93. The van der Waals surface area contributed by atoms with Gasteiger partial charge in [-0.2, -0.15) is 0 Å². The van der Waals surface area contributed by atoms with Crippen molar-refractivity contribution in [2.75, 3.05) is 0 Å². The van der Waals surface area contributed by atoms with Crippen molar-refractivity contribution < 1.29 is 14.9 Å². The second-order valence-electron chi connectivity index (χ2n) is 2.88. The van der Waals surface area contributed by atoms with Crippen LogP contribution in [0.15, 0.2) is 12.2 Å². The molecule has 1 aliphatic heterocycles. The summed E-state index contributed by atoms with van der Waals surface area (Å²) in [6.07, 6.45) is 1.97. The summed E-state index contributed by atoms with van der Waals surface area (Å²) in [6, 6.07) is 0. The number of rotatable bonds is 0. The summed E-state index contributed by atoms with van der Waals surface area (Å²) in [7, 11) is 0. The average Bonchev–Trinajstić information content (AvgIpc) is 2.75.